The molecule has 1 N–H and O–H groups in total. The second kappa shape index (κ2) is 5.65. The molecule has 2 rings (SSSR count). The van der Waals surface area contributed by atoms with E-state index in [0.29, 0.717) is 5.56 Å². The van der Waals surface area contributed by atoms with Crippen LogP contribution in [0.1, 0.15) is 12.5 Å². The number of aliphatic imine (C=N–C) groups is 1. The Bertz CT molecular complexity index is 595. The standard InChI is InChI=1S/C15H13N3/c1-12(17-14-7-3-2-4-8-14)18-15-9-5-6-13(10-15)11-16/h2-10H,1H3,(H,17,18). The fourth-order valence-corrected chi connectivity index (χ4v) is 1.60. The van der Waals surface area contributed by atoms with Crippen LogP contribution in [0.3, 0.4) is 0 Å². The molecule has 2 aromatic rings. The highest BCUT2D eigenvalue weighted by molar-refractivity contribution is 5.95. The topological polar surface area (TPSA) is 48.2 Å². The van der Waals surface area contributed by atoms with Gasteiger partial charge >= 0.3 is 0 Å². The molecule has 0 aromatic heterocycles. The van der Waals surface area contributed by atoms with Crippen LogP contribution in [0.4, 0.5) is 11.4 Å². The van der Waals surface area contributed by atoms with Gasteiger partial charge in [-0.1, -0.05) is 24.3 Å². The summed E-state index contributed by atoms with van der Waals surface area (Å²) in [6.07, 6.45) is 0. The van der Waals surface area contributed by atoms with Crippen molar-refractivity contribution in [3.8, 4) is 6.07 Å². The first-order valence-electron chi connectivity index (χ1n) is 5.65. The van der Waals surface area contributed by atoms with E-state index in [-0.39, 0.29) is 0 Å². The summed E-state index contributed by atoms with van der Waals surface area (Å²) in [6.45, 7) is 1.89. The summed E-state index contributed by atoms with van der Waals surface area (Å²) in [4.78, 5) is 4.43. The van der Waals surface area contributed by atoms with Crippen molar-refractivity contribution in [2.24, 2.45) is 4.99 Å². The second-order valence-corrected chi connectivity index (χ2v) is 3.85. The second-order valence-electron chi connectivity index (χ2n) is 3.85. The van der Waals surface area contributed by atoms with E-state index in [1.165, 1.54) is 0 Å². The number of rotatable bonds is 2. The minimum absolute atomic E-state index is 0.632. The highest BCUT2D eigenvalue weighted by atomic mass is 15.0. The van der Waals surface area contributed by atoms with Crippen molar-refractivity contribution in [2.75, 3.05) is 5.32 Å². The van der Waals surface area contributed by atoms with Gasteiger partial charge in [0, 0.05) is 5.69 Å². The Hall–Kier alpha value is -2.60. The molecule has 0 aliphatic carbocycles. The van der Waals surface area contributed by atoms with Crippen molar-refractivity contribution in [2.45, 2.75) is 6.92 Å². The summed E-state index contributed by atoms with van der Waals surface area (Å²) in [5.41, 5.74) is 2.40. The van der Waals surface area contributed by atoms with Crippen molar-refractivity contribution in [1.29, 1.82) is 5.26 Å². The number of hydrogen-bond acceptors (Lipinski definition) is 2. The van der Waals surface area contributed by atoms with Crippen molar-refractivity contribution >= 4 is 17.2 Å². The summed E-state index contributed by atoms with van der Waals surface area (Å²) in [5.74, 6) is 0.788. The fraction of sp³-hybridized carbons (Fsp3) is 0.0667. The summed E-state index contributed by atoms with van der Waals surface area (Å²) >= 11 is 0. The Balaban J connectivity index is 2.14. The van der Waals surface area contributed by atoms with Crippen LogP contribution in [0.2, 0.25) is 0 Å². The molecule has 0 spiro atoms. The highest BCUT2D eigenvalue weighted by Gasteiger charge is 1.96. The van der Waals surface area contributed by atoms with Crippen molar-refractivity contribution < 1.29 is 0 Å². The Morgan fingerprint density at radius 2 is 1.89 bits per heavy atom. The minimum atomic E-state index is 0.632. The van der Waals surface area contributed by atoms with Gasteiger partial charge in [0.15, 0.2) is 0 Å². The molecule has 0 saturated heterocycles. The summed E-state index contributed by atoms with van der Waals surface area (Å²) in [5, 5.41) is 12.0. The lowest BCUT2D eigenvalue weighted by atomic mass is 10.2. The molecule has 0 fully saturated rings. The number of anilines is 1. The van der Waals surface area contributed by atoms with E-state index < -0.39 is 0 Å². The zero-order valence-corrected chi connectivity index (χ0v) is 10.1. The lowest BCUT2D eigenvalue weighted by Crippen LogP contribution is -2.06. The van der Waals surface area contributed by atoms with Crippen LogP contribution in [0, 0.1) is 11.3 Å². The van der Waals surface area contributed by atoms with Gasteiger partial charge < -0.3 is 5.32 Å². The molecule has 0 heterocycles. The Kier molecular flexibility index (Phi) is 3.72. The van der Waals surface area contributed by atoms with Gasteiger partial charge in [-0.05, 0) is 37.3 Å². The van der Waals surface area contributed by atoms with Crippen LogP contribution in [0.5, 0.6) is 0 Å². The van der Waals surface area contributed by atoms with E-state index in [1.54, 1.807) is 12.1 Å². The smallest absolute Gasteiger partial charge is 0.103 e. The van der Waals surface area contributed by atoms with Crippen molar-refractivity contribution in [1.82, 2.24) is 0 Å². The molecule has 2 aromatic carbocycles. The first-order valence-corrected chi connectivity index (χ1v) is 5.65. The predicted octanol–water partition coefficient (Wildman–Crippen LogP) is 3.72. The molecule has 88 valence electrons. The van der Waals surface area contributed by atoms with Gasteiger partial charge in [0.2, 0.25) is 0 Å². The minimum Gasteiger partial charge on any atom is -0.344 e. The quantitative estimate of drug-likeness (QED) is 0.637. The molecule has 0 amide bonds. The molecule has 3 heteroatoms. The molecule has 0 aliphatic heterocycles. The maximum atomic E-state index is 8.82. The van der Waals surface area contributed by atoms with Gasteiger partial charge in [0.25, 0.3) is 0 Å². The number of hydrogen-bond donors (Lipinski definition) is 1. The molecular weight excluding hydrogens is 222 g/mol. The van der Waals surface area contributed by atoms with Crippen LogP contribution in [0.25, 0.3) is 0 Å². The molecule has 0 atom stereocenters. The molecule has 18 heavy (non-hydrogen) atoms. The highest BCUT2D eigenvalue weighted by Crippen LogP contribution is 2.13. The number of amidine groups is 1. The largest absolute Gasteiger partial charge is 0.344 e. The zero-order valence-electron chi connectivity index (χ0n) is 10.1. The zero-order chi connectivity index (χ0) is 12.8. The van der Waals surface area contributed by atoms with E-state index in [0.717, 1.165) is 17.2 Å². The van der Waals surface area contributed by atoms with Crippen LogP contribution < -0.4 is 5.32 Å². The van der Waals surface area contributed by atoms with Gasteiger partial charge in [-0.3, -0.25) is 0 Å². The molecule has 3 nitrogen and oxygen atoms in total. The number of benzene rings is 2. The lowest BCUT2D eigenvalue weighted by molar-refractivity contribution is 1.45. The normalized spacial score (nSPS) is 10.8. The van der Waals surface area contributed by atoms with Gasteiger partial charge in [0.05, 0.1) is 17.3 Å². The lowest BCUT2D eigenvalue weighted by Gasteiger charge is -2.05. The van der Waals surface area contributed by atoms with Gasteiger partial charge in [-0.15, -0.1) is 0 Å². The number of para-hydroxylation sites is 1. The van der Waals surface area contributed by atoms with Crippen LogP contribution in [-0.4, -0.2) is 5.84 Å². The predicted molar refractivity (Wildman–Crippen MR) is 74.0 cm³/mol. The third kappa shape index (κ3) is 3.19. The monoisotopic (exact) mass is 235 g/mol. The van der Waals surface area contributed by atoms with Crippen LogP contribution in [0.15, 0.2) is 59.6 Å². The molecule has 0 radical (unpaired) electrons. The van der Waals surface area contributed by atoms with E-state index in [2.05, 4.69) is 16.4 Å². The van der Waals surface area contributed by atoms with E-state index >= 15 is 0 Å². The Labute approximate surface area is 106 Å². The molecular formula is C15H13N3. The Morgan fingerprint density at radius 1 is 1.11 bits per heavy atom. The maximum Gasteiger partial charge on any atom is 0.103 e. The van der Waals surface area contributed by atoms with Gasteiger partial charge in [0.1, 0.15) is 5.84 Å². The third-order valence-corrected chi connectivity index (χ3v) is 2.37. The van der Waals surface area contributed by atoms with E-state index in [4.69, 9.17) is 5.26 Å². The van der Waals surface area contributed by atoms with Gasteiger partial charge in [-0.2, -0.15) is 5.26 Å². The van der Waals surface area contributed by atoms with E-state index in [1.807, 2.05) is 49.4 Å². The number of nitrogens with zero attached hydrogens (tertiary/aromatic N) is 2. The summed E-state index contributed by atoms with van der Waals surface area (Å²) in [7, 11) is 0. The average molecular weight is 235 g/mol. The molecule has 0 unspecified atom stereocenters. The van der Waals surface area contributed by atoms with Crippen LogP contribution >= 0.6 is 0 Å². The molecule has 0 bridgehead atoms. The van der Waals surface area contributed by atoms with E-state index in [9.17, 15) is 0 Å². The third-order valence-electron chi connectivity index (χ3n) is 2.37. The molecule has 0 saturated carbocycles. The van der Waals surface area contributed by atoms with Gasteiger partial charge in [-0.25, -0.2) is 4.99 Å². The first-order chi connectivity index (χ1) is 8.78. The first kappa shape index (κ1) is 11.9. The number of nitriles is 1. The summed E-state index contributed by atoms with van der Waals surface area (Å²) in [6, 6.07) is 19.2. The Morgan fingerprint density at radius 3 is 2.61 bits per heavy atom. The van der Waals surface area contributed by atoms with Crippen LogP contribution in [-0.2, 0) is 0 Å². The number of nitrogens with one attached hydrogen (secondary N) is 1. The fourth-order valence-electron chi connectivity index (χ4n) is 1.60. The average Bonchev–Trinajstić information content (AvgIpc) is 2.40. The molecule has 0 aliphatic rings. The van der Waals surface area contributed by atoms with Crippen molar-refractivity contribution in [3.63, 3.8) is 0 Å². The summed E-state index contributed by atoms with van der Waals surface area (Å²) < 4.78 is 0. The maximum absolute atomic E-state index is 8.82. The van der Waals surface area contributed by atoms with Crippen molar-refractivity contribution in [3.05, 3.63) is 60.2 Å². The SMILES string of the molecule is CC(=Nc1ccccc1)Nc1cccc(C#N)c1.